The van der Waals surface area contributed by atoms with Crippen molar-refractivity contribution in [3.63, 3.8) is 0 Å². The van der Waals surface area contributed by atoms with Crippen LogP contribution in [0.5, 0.6) is 0 Å². The van der Waals surface area contributed by atoms with Crippen molar-refractivity contribution >= 4 is 5.91 Å². The first-order chi connectivity index (χ1) is 8.66. The fourth-order valence-corrected chi connectivity index (χ4v) is 1.43. The minimum atomic E-state index is -0.370. The Bertz CT molecular complexity index is 554. The quantitative estimate of drug-likeness (QED) is 0.897. The minimum Gasteiger partial charge on any atom is -0.346 e. The van der Waals surface area contributed by atoms with Crippen LogP contribution in [-0.4, -0.2) is 16.1 Å². The summed E-state index contributed by atoms with van der Waals surface area (Å²) in [7, 11) is 0. The Morgan fingerprint density at radius 2 is 2.00 bits per heavy atom. The predicted octanol–water partition coefficient (Wildman–Crippen LogP) is 1.85. The van der Waals surface area contributed by atoms with E-state index in [1.165, 1.54) is 6.07 Å². The van der Waals surface area contributed by atoms with Crippen LogP contribution in [0, 0.1) is 12.7 Å². The van der Waals surface area contributed by atoms with E-state index < -0.39 is 0 Å². The zero-order valence-corrected chi connectivity index (χ0v) is 9.85. The molecule has 18 heavy (non-hydrogen) atoms. The molecular weight excluding hydrogens is 233 g/mol. The van der Waals surface area contributed by atoms with Crippen molar-refractivity contribution in [3.8, 4) is 0 Å². The van der Waals surface area contributed by atoms with E-state index in [2.05, 4.69) is 15.5 Å². The third-order valence-corrected chi connectivity index (χ3v) is 2.43. The Kier molecular flexibility index (Phi) is 3.62. The highest BCUT2D eigenvalue weighted by molar-refractivity contribution is 5.91. The average Bonchev–Trinajstić information content (AvgIpc) is 2.38. The van der Waals surface area contributed by atoms with Gasteiger partial charge in [0, 0.05) is 12.1 Å². The molecular formula is C13H12FN3O. The molecule has 2 rings (SSSR count). The molecule has 0 bridgehead atoms. The second-order valence-electron chi connectivity index (χ2n) is 3.83. The molecule has 1 aromatic heterocycles. The van der Waals surface area contributed by atoms with Crippen molar-refractivity contribution in [3.05, 3.63) is 59.2 Å². The van der Waals surface area contributed by atoms with Crippen LogP contribution in [0.1, 0.15) is 21.7 Å². The van der Waals surface area contributed by atoms with E-state index >= 15 is 0 Å². The molecule has 1 aromatic carbocycles. The highest BCUT2D eigenvalue weighted by Crippen LogP contribution is 2.05. The molecule has 0 spiro atoms. The lowest BCUT2D eigenvalue weighted by atomic mass is 10.2. The lowest BCUT2D eigenvalue weighted by Crippen LogP contribution is -2.24. The van der Waals surface area contributed by atoms with Gasteiger partial charge in [-0.25, -0.2) is 4.39 Å². The maximum atomic E-state index is 13.3. The minimum absolute atomic E-state index is 0.126. The van der Waals surface area contributed by atoms with Crippen LogP contribution in [0.4, 0.5) is 4.39 Å². The van der Waals surface area contributed by atoms with Crippen LogP contribution >= 0.6 is 0 Å². The number of nitrogens with zero attached hydrogens (tertiary/aromatic N) is 2. The highest BCUT2D eigenvalue weighted by Gasteiger charge is 2.08. The molecule has 1 heterocycles. The summed E-state index contributed by atoms with van der Waals surface area (Å²) in [5.74, 6) is -0.710. The number of hydrogen-bond acceptors (Lipinski definition) is 3. The molecule has 0 aliphatic rings. The number of carbonyl (C=O) groups excluding carboxylic acids is 1. The average molecular weight is 245 g/mol. The van der Waals surface area contributed by atoms with E-state index in [0.29, 0.717) is 5.56 Å². The molecule has 92 valence electrons. The summed E-state index contributed by atoms with van der Waals surface area (Å²) in [5, 5.41) is 10.1. The summed E-state index contributed by atoms with van der Waals surface area (Å²) < 4.78 is 13.3. The van der Waals surface area contributed by atoms with E-state index in [0.717, 1.165) is 5.69 Å². The van der Waals surface area contributed by atoms with Crippen LogP contribution in [0.25, 0.3) is 0 Å². The third kappa shape index (κ3) is 2.88. The van der Waals surface area contributed by atoms with Gasteiger partial charge in [0.05, 0.1) is 5.69 Å². The molecule has 1 amide bonds. The SMILES string of the molecule is Cc1ccc(C(=O)NCc2ccccc2F)nn1. The van der Waals surface area contributed by atoms with Crippen LogP contribution in [0.15, 0.2) is 36.4 Å². The Balaban J connectivity index is 2.01. The number of benzene rings is 1. The number of rotatable bonds is 3. The van der Waals surface area contributed by atoms with Crippen LogP contribution < -0.4 is 5.32 Å². The first-order valence-electron chi connectivity index (χ1n) is 5.49. The summed E-state index contributed by atoms with van der Waals surface area (Å²) in [6, 6.07) is 9.58. The van der Waals surface area contributed by atoms with Crippen LogP contribution in [0.3, 0.4) is 0 Å². The fourth-order valence-electron chi connectivity index (χ4n) is 1.43. The second kappa shape index (κ2) is 5.35. The van der Waals surface area contributed by atoms with Gasteiger partial charge in [-0.2, -0.15) is 5.10 Å². The Morgan fingerprint density at radius 1 is 1.22 bits per heavy atom. The molecule has 0 fully saturated rings. The molecule has 0 aliphatic carbocycles. The lowest BCUT2D eigenvalue weighted by molar-refractivity contribution is 0.0944. The molecule has 0 atom stereocenters. The normalized spacial score (nSPS) is 10.1. The van der Waals surface area contributed by atoms with E-state index in [1.807, 2.05) is 0 Å². The van der Waals surface area contributed by atoms with Crippen molar-refractivity contribution in [2.24, 2.45) is 0 Å². The topological polar surface area (TPSA) is 54.9 Å². The summed E-state index contributed by atoms with van der Waals surface area (Å²) in [4.78, 5) is 11.7. The Morgan fingerprint density at radius 3 is 2.67 bits per heavy atom. The number of carbonyl (C=O) groups is 1. The van der Waals surface area contributed by atoms with Crippen molar-refractivity contribution < 1.29 is 9.18 Å². The van der Waals surface area contributed by atoms with Gasteiger partial charge in [0.15, 0.2) is 5.69 Å². The molecule has 0 unspecified atom stereocenters. The Labute approximate surface area is 104 Å². The van der Waals surface area contributed by atoms with E-state index in [9.17, 15) is 9.18 Å². The zero-order valence-electron chi connectivity index (χ0n) is 9.85. The monoisotopic (exact) mass is 245 g/mol. The van der Waals surface area contributed by atoms with Crippen molar-refractivity contribution in [2.45, 2.75) is 13.5 Å². The summed E-state index contributed by atoms with van der Waals surface area (Å²) in [6.45, 7) is 1.91. The number of nitrogens with one attached hydrogen (secondary N) is 1. The smallest absolute Gasteiger partial charge is 0.272 e. The van der Waals surface area contributed by atoms with Gasteiger partial charge in [0.25, 0.3) is 5.91 Å². The predicted molar refractivity (Wildman–Crippen MR) is 64.3 cm³/mol. The van der Waals surface area contributed by atoms with Gasteiger partial charge >= 0.3 is 0 Å². The van der Waals surface area contributed by atoms with Gasteiger partial charge in [-0.3, -0.25) is 4.79 Å². The third-order valence-electron chi connectivity index (χ3n) is 2.43. The Hall–Kier alpha value is -2.30. The largest absolute Gasteiger partial charge is 0.346 e. The summed E-state index contributed by atoms with van der Waals surface area (Å²) in [5.41, 5.74) is 1.39. The van der Waals surface area contributed by atoms with E-state index in [-0.39, 0.29) is 24.0 Å². The van der Waals surface area contributed by atoms with E-state index in [4.69, 9.17) is 0 Å². The number of halogens is 1. The number of aromatic nitrogens is 2. The number of aryl methyl sites for hydroxylation is 1. The molecule has 0 saturated carbocycles. The standard InChI is InChI=1S/C13H12FN3O/c1-9-6-7-12(17-16-9)13(18)15-8-10-4-2-3-5-11(10)14/h2-7H,8H2,1H3,(H,15,18). The molecule has 2 aromatic rings. The second-order valence-corrected chi connectivity index (χ2v) is 3.83. The van der Waals surface area contributed by atoms with Crippen molar-refractivity contribution in [1.29, 1.82) is 0 Å². The summed E-state index contributed by atoms with van der Waals surface area (Å²) >= 11 is 0. The van der Waals surface area contributed by atoms with Gasteiger partial charge in [0.1, 0.15) is 5.82 Å². The number of amides is 1. The molecule has 1 N–H and O–H groups in total. The maximum Gasteiger partial charge on any atom is 0.272 e. The number of hydrogen-bond donors (Lipinski definition) is 1. The fraction of sp³-hybridized carbons (Fsp3) is 0.154. The lowest BCUT2D eigenvalue weighted by Gasteiger charge is -2.05. The maximum absolute atomic E-state index is 13.3. The highest BCUT2D eigenvalue weighted by atomic mass is 19.1. The van der Waals surface area contributed by atoms with Gasteiger partial charge in [0.2, 0.25) is 0 Å². The van der Waals surface area contributed by atoms with Crippen LogP contribution in [-0.2, 0) is 6.54 Å². The first kappa shape index (κ1) is 12.2. The van der Waals surface area contributed by atoms with Gasteiger partial charge < -0.3 is 5.32 Å². The molecule has 0 radical (unpaired) electrons. The van der Waals surface area contributed by atoms with Gasteiger partial charge in [-0.15, -0.1) is 5.10 Å². The molecule has 5 heteroatoms. The van der Waals surface area contributed by atoms with E-state index in [1.54, 1.807) is 37.3 Å². The van der Waals surface area contributed by atoms with Gasteiger partial charge in [-0.1, -0.05) is 18.2 Å². The van der Waals surface area contributed by atoms with Crippen molar-refractivity contribution in [1.82, 2.24) is 15.5 Å². The molecule has 0 aliphatic heterocycles. The zero-order chi connectivity index (χ0) is 13.0. The first-order valence-corrected chi connectivity index (χ1v) is 5.49. The molecule has 4 nitrogen and oxygen atoms in total. The van der Waals surface area contributed by atoms with Crippen LogP contribution in [0.2, 0.25) is 0 Å². The molecule has 0 saturated heterocycles. The summed E-state index contributed by atoms with van der Waals surface area (Å²) in [6.07, 6.45) is 0. The van der Waals surface area contributed by atoms with Gasteiger partial charge in [-0.05, 0) is 25.1 Å². The van der Waals surface area contributed by atoms with Crippen molar-refractivity contribution in [2.75, 3.05) is 0 Å².